The topological polar surface area (TPSA) is 33.1 Å². The Morgan fingerprint density at radius 2 is 1.95 bits per heavy atom. The minimum Gasteiger partial charge on any atom is -0.383 e. The summed E-state index contributed by atoms with van der Waals surface area (Å²) in [6, 6.07) is 3.45. The number of rotatable bonds is 2. The molecule has 2 aromatic heterocycles. The second-order valence-electron chi connectivity index (χ2n) is 3.75. The molecule has 0 aliphatic carbocycles. The predicted molar refractivity (Wildman–Crippen MR) is 75.3 cm³/mol. The molecule has 0 bridgehead atoms. The van der Waals surface area contributed by atoms with Gasteiger partial charge >= 0.3 is 6.18 Å². The van der Waals surface area contributed by atoms with E-state index in [2.05, 4.69) is 20.9 Å². The summed E-state index contributed by atoms with van der Waals surface area (Å²) in [4.78, 5) is 3.71. The van der Waals surface area contributed by atoms with Gasteiger partial charge in [0.15, 0.2) is 0 Å². The lowest BCUT2D eigenvalue weighted by molar-refractivity contribution is -0.141. The lowest BCUT2D eigenvalue weighted by atomic mass is 10.1. The molecule has 108 valence electrons. The van der Waals surface area contributed by atoms with Gasteiger partial charge in [-0.2, -0.15) is 13.2 Å². The van der Waals surface area contributed by atoms with E-state index in [0.717, 1.165) is 23.5 Å². The normalized spacial score (nSPS) is 13.6. The van der Waals surface area contributed by atoms with Crippen LogP contribution in [0.5, 0.6) is 0 Å². The zero-order valence-electron chi connectivity index (χ0n) is 9.38. The smallest absolute Gasteiger partial charge is 0.383 e. The van der Waals surface area contributed by atoms with E-state index in [-0.39, 0.29) is 5.56 Å². The van der Waals surface area contributed by atoms with Crippen LogP contribution in [0.15, 0.2) is 22.7 Å². The fraction of sp³-hybridized carbons (Fsp3) is 0.182. The van der Waals surface area contributed by atoms with Crippen molar-refractivity contribution in [1.82, 2.24) is 4.98 Å². The number of hydrogen-bond donors (Lipinski definition) is 1. The summed E-state index contributed by atoms with van der Waals surface area (Å²) in [5.41, 5.74) is -1.02. The summed E-state index contributed by atoms with van der Waals surface area (Å²) in [7, 11) is 0. The number of aromatic nitrogens is 1. The SMILES string of the molecule is OC(c1cc(Br)c(Cl)s1)c1ccc(C(F)(F)F)nc1Cl. The number of pyridine rings is 1. The van der Waals surface area contributed by atoms with Crippen LogP contribution < -0.4 is 0 Å². The van der Waals surface area contributed by atoms with Gasteiger partial charge in [-0.1, -0.05) is 29.3 Å². The first kappa shape index (κ1) is 16.0. The largest absolute Gasteiger partial charge is 0.433 e. The molecule has 20 heavy (non-hydrogen) atoms. The lowest BCUT2D eigenvalue weighted by Crippen LogP contribution is -2.09. The van der Waals surface area contributed by atoms with Crippen LogP contribution in [-0.4, -0.2) is 10.1 Å². The Morgan fingerprint density at radius 1 is 1.30 bits per heavy atom. The lowest BCUT2D eigenvalue weighted by Gasteiger charge is -2.12. The van der Waals surface area contributed by atoms with E-state index < -0.39 is 23.1 Å². The van der Waals surface area contributed by atoms with Crippen LogP contribution >= 0.6 is 50.5 Å². The maximum absolute atomic E-state index is 12.5. The molecule has 0 aliphatic rings. The van der Waals surface area contributed by atoms with Crippen molar-refractivity contribution in [1.29, 1.82) is 0 Å². The predicted octanol–water partition coefficient (Wildman–Crippen LogP) is 5.31. The Labute approximate surface area is 134 Å². The van der Waals surface area contributed by atoms with Crippen LogP contribution in [0, 0.1) is 0 Å². The van der Waals surface area contributed by atoms with E-state index in [4.69, 9.17) is 23.2 Å². The number of aliphatic hydroxyl groups excluding tert-OH is 1. The van der Waals surface area contributed by atoms with Gasteiger partial charge in [0.05, 0.1) is 0 Å². The van der Waals surface area contributed by atoms with Gasteiger partial charge in [-0.05, 0) is 28.1 Å². The summed E-state index contributed by atoms with van der Waals surface area (Å²) in [5, 5.41) is 9.73. The fourth-order valence-corrected chi connectivity index (χ4v) is 3.46. The van der Waals surface area contributed by atoms with E-state index >= 15 is 0 Å². The monoisotopic (exact) mass is 405 g/mol. The molecule has 0 saturated heterocycles. The Kier molecular flexibility index (Phi) is 4.66. The average Bonchev–Trinajstić information content (AvgIpc) is 2.67. The highest BCUT2D eigenvalue weighted by molar-refractivity contribution is 9.10. The van der Waals surface area contributed by atoms with Crippen molar-refractivity contribution >= 4 is 50.5 Å². The van der Waals surface area contributed by atoms with Crippen molar-refractivity contribution in [2.75, 3.05) is 0 Å². The minimum absolute atomic E-state index is 0.0880. The molecule has 0 aliphatic heterocycles. The highest BCUT2D eigenvalue weighted by atomic mass is 79.9. The number of alkyl halides is 3. The molecule has 0 aromatic carbocycles. The molecule has 2 aromatic rings. The van der Waals surface area contributed by atoms with Gasteiger partial charge in [0.1, 0.15) is 21.3 Å². The highest BCUT2D eigenvalue weighted by Crippen LogP contribution is 2.39. The van der Waals surface area contributed by atoms with Crippen LogP contribution in [0.4, 0.5) is 13.2 Å². The molecule has 1 unspecified atom stereocenters. The number of nitrogens with zero attached hydrogens (tertiary/aromatic N) is 1. The molecular formula is C11H5BrCl2F3NOS. The Balaban J connectivity index is 2.38. The van der Waals surface area contributed by atoms with Gasteiger partial charge in [-0.15, -0.1) is 11.3 Å². The first-order valence-corrected chi connectivity index (χ1v) is 7.43. The quantitative estimate of drug-likeness (QED) is 0.685. The van der Waals surface area contributed by atoms with Crippen LogP contribution in [0.3, 0.4) is 0 Å². The Bertz CT molecular complexity index is 628. The average molecular weight is 407 g/mol. The zero-order chi connectivity index (χ0) is 15.1. The number of hydrogen-bond acceptors (Lipinski definition) is 3. The molecule has 0 fully saturated rings. The molecule has 2 heterocycles. The van der Waals surface area contributed by atoms with Gasteiger partial charge in [-0.25, -0.2) is 4.98 Å². The van der Waals surface area contributed by atoms with Gasteiger partial charge in [0.25, 0.3) is 0 Å². The molecule has 0 spiro atoms. The van der Waals surface area contributed by atoms with Crippen LogP contribution in [-0.2, 0) is 6.18 Å². The fourth-order valence-electron chi connectivity index (χ4n) is 1.46. The Morgan fingerprint density at radius 3 is 2.40 bits per heavy atom. The van der Waals surface area contributed by atoms with E-state index in [0.29, 0.717) is 13.7 Å². The van der Waals surface area contributed by atoms with Gasteiger partial charge in [0.2, 0.25) is 0 Å². The van der Waals surface area contributed by atoms with Gasteiger partial charge in [0, 0.05) is 14.9 Å². The summed E-state index contributed by atoms with van der Waals surface area (Å²) < 4.78 is 38.4. The standard InChI is InChI=1S/C11H5BrCl2F3NOS/c12-5-3-6(20-10(5)14)8(19)4-1-2-7(11(15,16)17)18-9(4)13/h1-3,8,19H. The molecule has 1 N–H and O–H groups in total. The minimum atomic E-state index is -4.58. The highest BCUT2D eigenvalue weighted by Gasteiger charge is 2.33. The summed E-state index contributed by atoms with van der Waals surface area (Å²) in [6.45, 7) is 0. The first-order chi connectivity index (χ1) is 9.20. The summed E-state index contributed by atoms with van der Waals surface area (Å²) in [6.07, 6.45) is -5.77. The molecule has 0 saturated carbocycles. The molecule has 0 amide bonds. The maximum Gasteiger partial charge on any atom is 0.433 e. The molecule has 2 nitrogen and oxygen atoms in total. The van der Waals surface area contributed by atoms with Crippen LogP contribution in [0.2, 0.25) is 9.49 Å². The third-order valence-electron chi connectivity index (χ3n) is 2.40. The van der Waals surface area contributed by atoms with Crippen LogP contribution in [0.1, 0.15) is 22.2 Å². The number of aliphatic hydroxyl groups is 1. The van der Waals surface area contributed by atoms with Crippen molar-refractivity contribution < 1.29 is 18.3 Å². The van der Waals surface area contributed by atoms with Crippen LogP contribution in [0.25, 0.3) is 0 Å². The zero-order valence-corrected chi connectivity index (χ0v) is 13.3. The van der Waals surface area contributed by atoms with E-state index in [1.54, 1.807) is 6.07 Å². The van der Waals surface area contributed by atoms with Crippen molar-refractivity contribution in [2.45, 2.75) is 12.3 Å². The number of thiophene rings is 1. The van der Waals surface area contributed by atoms with Crippen molar-refractivity contribution in [3.63, 3.8) is 0 Å². The first-order valence-electron chi connectivity index (χ1n) is 5.06. The van der Waals surface area contributed by atoms with E-state index in [1.807, 2.05) is 0 Å². The number of halogens is 6. The molecule has 9 heteroatoms. The molecule has 2 rings (SSSR count). The summed E-state index contributed by atoms with van der Waals surface area (Å²) in [5.74, 6) is 0. The second-order valence-corrected chi connectivity index (χ2v) is 6.65. The van der Waals surface area contributed by atoms with Gasteiger partial charge < -0.3 is 5.11 Å². The van der Waals surface area contributed by atoms with E-state index in [9.17, 15) is 18.3 Å². The van der Waals surface area contributed by atoms with E-state index in [1.165, 1.54) is 0 Å². The Hall–Kier alpha value is -0.340. The third-order valence-corrected chi connectivity index (χ3v) is 5.23. The summed E-state index contributed by atoms with van der Waals surface area (Å²) >= 11 is 15.8. The molecule has 1 atom stereocenters. The maximum atomic E-state index is 12.5. The third kappa shape index (κ3) is 3.28. The van der Waals surface area contributed by atoms with Crippen molar-refractivity contribution in [3.8, 4) is 0 Å². The van der Waals surface area contributed by atoms with Gasteiger partial charge in [-0.3, -0.25) is 0 Å². The van der Waals surface area contributed by atoms with Crippen molar-refractivity contribution in [3.05, 3.63) is 48.3 Å². The second kappa shape index (κ2) is 5.81. The molecular weight excluding hydrogens is 402 g/mol. The molecule has 0 radical (unpaired) electrons. The van der Waals surface area contributed by atoms with Crippen molar-refractivity contribution in [2.24, 2.45) is 0 Å².